The highest BCUT2D eigenvalue weighted by Crippen LogP contribution is 2.38. The third-order valence-corrected chi connectivity index (χ3v) is 7.61. The number of hydrogen-bond donors (Lipinski definition) is 2. The van der Waals surface area contributed by atoms with Crippen LogP contribution in [0.25, 0.3) is 0 Å². The van der Waals surface area contributed by atoms with Gasteiger partial charge in [-0.2, -0.15) is 0 Å². The summed E-state index contributed by atoms with van der Waals surface area (Å²) in [6, 6.07) is 15.5. The Morgan fingerprint density at radius 1 is 1.15 bits per heavy atom. The fourth-order valence-corrected chi connectivity index (χ4v) is 6.30. The lowest BCUT2D eigenvalue weighted by atomic mass is 9.88. The number of sulfone groups is 1. The standard InChI is InChI=1S/C21H27NO2S2/c1-3-5-13-21(4-2)15-26(23,24)19-14-17(25)11-12-18(19)20(22-21)16-9-7-6-8-10-16/h6-12,14,20,22,25H,3-5,13,15H2,1-2H3/t20-,21-/m1/s1. The Bertz CT molecular complexity index is 865. The summed E-state index contributed by atoms with van der Waals surface area (Å²) in [5, 5.41) is 3.76. The predicted molar refractivity (Wildman–Crippen MR) is 110 cm³/mol. The maximum Gasteiger partial charge on any atom is 0.180 e. The van der Waals surface area contributed by atoms with E-state index in [2.05, 4.69) is 43.9 Å². The molecule has 0 radical (unpaired) electrons. The minimum Gasteiger partial charge on any atom is -0.300 e. The van der Waals surface area contributed by atoms with Gasteiger partial charge in [0.2, 0.25) is 0 Å². The zero-order valence-corrected chi connectivity index (χ0v) is 17.1. The first-order valence-electron chi connectivity index (χ1n) is 9.29. The van der Waals surface area contributed by atoms with Crippen LogP contribution >= 0.6 is 12.6 Å². The number of thiol groups is 1. The summed E-state index contributed by atoms with van der Waals surface area (Å²) in [6.07, 6.45) is 3.68. The smallest absolute Gasteiger partial charge is 0.180 e. The molecule has 3 rings (SSSR count). The molecular formula is C21H27NO2S2. The van der Waals surface area contributed by atoms with Crippen LogP contribution in [0.4, 0.5) is 0 Å². The summed E-state index contributed by atoms with van der Waals surface area (Å²) in [5.41, 5.74) is 1.48. The molecule has 0 spiro atoms. The second-order valence-corrected chi connectivity index (χ2v) is 9.68. The minimum atomic E-state index is -3.40. The van der Waals surface area contributed by atoms with Crippen LogP contribution in [-0.2, 0) is 9.84 Å². The first-order chi connectivity index (χ1) is 12.4. The van der Waals surface area contributed by atoms with Crippen LogP contribution in [0.1, 0.15) is 56.7 Å². The Kier molecular flexibility index (Phi) is 5.80. The van der Waals surface area contributed by atoms with Crippen molar-refractivity contribution in [2.24, 2.45) is 0 Å². The van der Waals surface area contributed by atoms with E-state index in [1.165, 1.54) is 0 Å². The molecule has 26 heavy (non-hydrogen) atoms. The van der Waals surface area contributed by atoms with Crippen molar-refractivity contribution < 1.29 is 8.42 Å². The summed E-state index contributed by atoms with van der Waals surface area (Å²) in [6.45, 7) is 4.23. The Labute approximate surface area is 162 Å². The fraction of sp³-hybridized carbons (Fsp3) is 0.429. The molecule has 1 heterocycles. The maximum atomic E-state index is 13.3. The molecule has 0 saturated heterocycles. The third-order valence-electron chi connectivity index (χ3n) is 5.38. The topological polar surface area (TPSA) is 46.2 Å². The minimum absolute atomic E-state index is 0.129. The first-order valence-corrected chi connectivity index (χ1v) is 11.4. The average Bonchev–Trinajstić information content (AvgIpc) is 2.74. The number of unbranched alkanes of at least 4 members (excludes halogenated alkanes) is 1. The van der Waals surface area contributed by atoms with Crippen molar-refractivity contribution in [1.29, 1.82) is 0 Å². The molecule has 2 atom stereocenters. The Morgan fingerprint density at radius 2 is 1.88 bits per heavy atom. The molecule has 3 nitrogen and oxygen atoms in total. The molecule has 0 unspecified atom stereocenters. The van der Waals surface area contributed by atoms with Gasteiger partial charge in [0.15, 0.2) is 9.84 Å². The number of fused-ring (bicyclic) bond motifs is 1. The van der Waals surface area contributed by atoms with Crippen LogP contribution in [0.3, 0.4) is 0 Å². The van der Waals surface area contributed by atoms with Crippen LogP contribution in [0.15, 0.2) is 58.3 Å². The van der Waals surface area contributed by atoms with E-state index in [4.69, 9.17) is 0 Å². The highest BCUT2D eigenvalue weighted by molar-refractivity contribution is 7.91. The van der Waals surface area contributed by atoms with Gasteiger partial charge in [-0.3, -0.25) is 5.32 Å². The molecular weight excluding hydrogens is 362 g/mol. The second-order valence-electron chi connectivity index (χ2n) is 7.21. The van der Waals surface area contributed by atoms with Gasteiger partial charge in [0.25, 0.3) is 0 Å². The molecule has 0 aromatic heterocycles. The largest absolute Gasteiger partial charge is 0.300 e. The van der Waals surface area contributed by atoms with Crippen molar-refractivity contribution in [1.82, 2.24) is 5.32 Å². The van der Waals surface area contributed by atoms with Crippen LogP contribution < -0.4 is 5.32 Å². The number of nitrogens with one attached hydrogen (secondary N) is 1. The van der Waals surface area contributed by atoms with Crippen molar-refractivity contribution in [3.8, 4) is 0 Å². The maximum absolute atomic E-state index is 13.3. The van der Waals surface area contributed by atoms with Gasteiger partial charge < -0.3 is 0 Å². The summed E-state index contributed by atoms with van der Waals surface area (Å²) < 4.78 is 26.6. The van der Waals surface area contributed by atoms with Crippen molar-refractivity contribution in [3.63, 3.8) is 0 Å². The molecule has 2 aromatic carbocycles. The van der Waals surface area contributed by atoms with Gasteiger partial charge in [-0.25, -0.2) is 8.42 Å². The van der Waals surface area contributed by atoms with E-state index in [9.17, 15) is 8.42 Å². The number of benzene rings is 2. The van der Waals surface area contributed by atoms with Crippen LogP contribution in [-0.4, -0.2) is 19.7 Å². The van der Waals surface area contributed by atoms with Crippen molar-refractivity contribution in [3.05, 3.63) is 59.7 Å². The van der Waals surface area contributed by atoms with Crippen molar-refractivity contribution in [2.75, 3.05) is 5.75 Å². The second kappa shape index (κ2) is 7.75. The summed E-state index contributed by atoms with van der Waals surface area (Å²) >= 11 is 4.39. The van der Waals surface area contributed by atoms with E-state index in [1.54, 1.807) is 6.07 Å². The van der Waals surface area contributed by atoms with Crippen LogP contribution in [0.2, 0.25) is 0 Å². The monoisotopic (exact) mass is 389 g/mol. The molecule has 0 amide bonds. The normalized spacial score (nSPS) is 24.7. The third kappa shape index (κ3) is 3.85. The number of rotatable bonds is 5. The van der Waals surface area contributed by atoms with Crippen LogP contribution in [0.5, 0.6) is 0 Å². The van der Waals surface area contributed by atoms with Gasteiger partial charge in [-0.1, -0.05) is 63.1 Å². The molecule has 0 bridgehead atoms. The van der Waals surface area contributed by atoms with Gasteiger partial charge in [-0.15, -0.1) is 12.6 Å². The Hall–Kier alpha value is -1.30. The lowest BCUT2D eigenvalue weighted by Crippen LogP contribution is -2.50. The van der Waals surface area contributed by atoms with Crippen molar-refractivity contribution in [2.45, 2.75) is 60.9 Å². The highest BCUT2D eigenvalue weighted by atomic mass is 32.2. The van der Waals surface area contributed by atoms with Gasteiger partial charge in [0, 0.05) is 10.4 Å². The lowest BCUT2D eigenvalue weighted by molar-refractivity contribution is 0.295. The Morgan fingerprint density at radius 3 is 2.54 bits per heavy atom. The van der Waals surface area contributed by atoms with Gasteiger partial charge in [-0.05, 0) is 36.1 Å². The summed E-state index contributed by atoms with van der Waals surface area (Å²) in [5.74, 6) is 0.129. The number of hydrogen-bond acceptors (Lipinski definition) is 4. The predicted octanol–water partition coefficient (Wildman–Crippen LogP) is 4.78. The van der Waals surface area contributed by atoms with E-state index in [1.807, 2.05) is 30.3 Å². The highest BCUT2D eigenvalue weighted by Gasteiger charge is 2.41. The average molecular weight is 390 g/mol. The van der Waals surface area contributed by atoms with E-state index in [0.29, 0.717) is 9.79 Å². The molecule has 0 fully saturated rings. The Balaban J connectivity index is 2.20. The first kappa shape index (κ1) is 19.5. The molecule has 140 valence electrons. The molecule has 0 saturated carbocycles. The SMILES string of the molecule is CCCC[C@]1(CC)CS(=O)(=O)c2cc(S)ccc2[C@@H](c2ccccc2)N1. The van der Waals surface area contributed by atoms with Gasteiger partial charge in [0.05, 0.1) is 16.7 Å². The van der Waals surface area contributed by atoms with Gasteiger partial charge in [0.1, 0.15) is 0 Å². The van der Waals surface area contributed by atoms with Crippen molar-refractivity contribution >= 4 is 22.5 Å². The van der Waals surface area contributed by atoms with E-state index in [0.717, 1.165) is 36.8 Å². The molecule has 1 aliphatic heterocycles. The molecule has 5 heteroatoms. The molecule has 0 aliphatic carbocycles. The van der Waals surface area contributed by atoms with Gasteiger partial charge >= 0.3 is 0 Å². The summed E-state index contributed by atoms with van der Waals surface area (Å²) in [7, 11) is -3.40. The van der Waals surface area contributed by atoms with E-state index >= 15 is 0 Å². The molecule has 1 N–H and O–H groups in total. The molecule has 1 aliphatic rings. The zero-order valence-electron chi connectivity index (χ0n) is 15.4. The lowest BCUT2D eigenvalue weighted by Gasteiger charge is -2.35. The van der Waals surface area contributed by atoms with Crippen LogP contribution in [0, 0.1) is 0 Å². The molecule has 2 aromatic rings. The summed E-state index contributed by atoms with van der Waals surface area (Å²) in [4.78, 5) is 1.09. The van der Waals surface area contributed by atoms with E-state index < -0.39 is 15.4 Å². The zero-order chi connectivity index (χ0) is 18.8. The fourth-order valence-electron chi connectivity index (χ4n) is 3.85. The van der Waals surface area contributed by atoms with E-state index in [-0.39, 0.29) is 11.8 Å². The quantitative estimate of drug-likeness (QED) is 0.724.